The van der Waals surface area contributed by atoms with Crippen molar-refractivity contribution in [2.45, 2.75) is 45.1 Å². The summed E-state index contributed by atoms with van der Waals surface area (Å²) in [5.41, 5.74) is 3.46. The molecule has 1 N–H and O–H groups in total. The molecule has 0 aliphatic carbocycles. The lowest BCUT2D eigenvalue weighted by Crippen LogP contribution is -2.29. The third kappa shape index (κ3) is 9.61. The second-order valence-electron chi connectivity index (χ2n) is 7.46. The van der Waals surface area contributed by atoms with Gasteiger partial charge < -0.3 is 14.7 Å². The number of carboxylic acid groups (broad SMARTS) is 1. The SMILES string of the molecule is C=N/C(=C\SC)CC(CC(=O)O)CN(C)CCC(CC)c1ccccc1COC. The van der Waals surface area contributed by atoms with Crippen molar-refractivity contribution in [3.05, 3.63) is 46.5 Å². The number of hydrogen-bond donors (Lipinski definition) is 1. The Hall–Kier alpha value is -1.63. The molecule has 6 heteroatoms. The van der Waals surface area contributed by atoms with E-state index in [2.05, 4.69) is 54.8 Å². The van der Waals surface area contributed by atoms with Crippen molar-refractivity contribution in [3.8, 4) is 0 Å². The molecule has 162 valence electrons. The third-order valence-corrected chi connectivity index (χ3v) is 5.64. The zero-order valence-corrected chi connectivity index (χ0v) is 19.1. The van der Waals surface area contributed by atoms with Gasteiger partial charge in [-0.2, -0.15) is 0 Å². The van der Waals surface area contributed by atoms with Crippen molar-refractivity contribution >= 4 is 24.4 Å². The highest BCUT2D eigenvalue weighted by atomic mass is 32.2. The molecular formula is C23H36N2O3S. The fourth-order valence-corrected chi connectivity index (χ4v) is 4.18. The van der Waals surface area contributed by atoms with E-state index in [9.17, 15) is 9.90 Å². The maximum absolute atomic E-state index is 11.3. The second kappa shape index (κ2) is 14.4. The summed E-state index contributed by atoms with van der Waals surface area (Å²) in [6.07, 6.45) is 4.83. The number of aliphatic carboxylic acids is 1. The summed E-state index contributed by atoms with van der Waals surface area (Å²) in [5, 5.41) is 11.2. The Kier molecular flexibility index (Phi) is 12.6. The fraction of sp³-hybridized carbons (Fsp3) is 0.565. The molecule has 29 heavy (non-hydrogen) atoms. The first-order chi connectivity index (χ1) is 13.9. The summed E-state index contributed by atoms with van der Waals surface area (Å²) in [6.45, 7) is 8.10. The van der Waals surface area contributed by atoms with Crippen LogP contribution in [0.25, 0.3) is 0 Å². The maximum atomic E-state index is 11.3. The molecule has 1 rings (SSSR count). The molecule has 2 atom stereocenters. The molecular weight excluding hydrogens is 384 g/mol. The first-order valence-electron chi connectivity index (χ1n) is 10.1. The number of hydrogen-bond acceptors (Lipinski definition) is 5. The van der Waals surface area contributed by atoms with E-state index in [1.54, 1.807) is 18.9 Å². The number of benzene rings is 1. The van der Waals surface area contributed by atoms with Crippen LogP contribution in [0.3, 0.4) is 0 Å². The largest absolute Gasteiger partial charge is 0.481 e. The average Bonchev–Trinajstić information content (AvgIpc) is 2.68. The van der Waals surface area contributed by atoms with Gasteiger partial charge >= 0.3 is 5.97 Å². The van der Waals surface area contributed by atoms with E-state index in [1.165, 1.54) is 11.1 Å². The standard InChI is InChI=1S/C23H36N2O3S/c1-6-19(22-10-8-7-9-20(22)16-28-4)11-12-25(3)15-18(14-23(26)27)13-21(24-2)17-29-5/h7-10,17-19H,2,6,11-16H2,1,3-5H3,(H,26,27)/b21-17-. The Morgan fingerprint density at radius 3 is 2.69 bits per heavy atom. The topological polar surface area (TPSA) is 62.1 Å². The van der Waals surface area contributed by atoms with Crippen LogP contribution in [0.5, 0.6) is 0 Å². The van der Waals surface area contributed by atoms with Gasteiger partial charge in [-0.05, 0) is 74.2 Å². The van der Waals surface area contributed by atoms with Crippen LogP contribution in [0, 0.1) is 5.92 Å². The minimum atomic E-state index is -0.768. The van der Waals surface area contributed by atoms with Gasteiger partial charge in [0, 0.05) is 25.8 Å². The van der Waals surface area contributed by atoms with Crippen LogP contribution in [-0.4, -0.2) is 56.2 Å². The molecule has 0 saturated heterocycles. The van der Waals surface area contributed by atoms with Crippen LogP contribution >= 0.6 is 11.8 Å². The van der Waals surface area contributed by atoms with Gasteiger partial charge in [0.1, 0.15) is 0 Å². The Morgan fingerprint density at radius 1 is 1.38 bits per heavy atom. The monoisotopic (exact) mass is 420 g/mol. The maximum Gasteiger partial charge on any atom is 0.303 e. The number of carboxylic acids is 1. The lowest BCUT2D eigenvalue weighted by Gasteiger charge is -2.26. The van der Waals surface area contributed by atoms with Crippen molar-refractivity contribution in [2.24, 2.45) is 10.9 Å². The van der Waals surface area contributed by atoms with Crippen LogP contribution in [0.2, 0.25) is 0 Å². The normalized spacial score (nSPS) is 14.0. The van der Waals surface area contributed by atoms with Crippen molar-refractivity contribution in [1.82, 2.24) is 4.90 Å². The first kappa shape index (κ1) is 25.4. The van der Waals surface area contributed by atoms with Gasteiger partial charge in [0.2, 0.25) is 0 Å². The van der Waals surface area contributed by atoms with Gasteiger partial charge in [-0.1, -0.05) is 31.2 Å². The molecule has 0 aliphatic heterocycles. The smallest absolute Gasteiger partial charge is 0.303 e. The van der Waals surface area contributed by atoms with Gasteiger partial charge in [0.25, 0.3) is 0 Å². The quantitative estimate of drug-likeness (QED) is 0.403. The molecule has 2 unspecified atom stereocenters. The minimum Gasteiger partial charge on any atom is -0.481 e. The van der Waals surface area contributed by atoms with Gasteiger partial charge in [0.15, 0.2) is 0 Å². The summed E-state index contributed by atoms with van der Waals surface area (Å²) in [6, 6.07) is 8.48. The van der Waals surface area contributed by atoms with Crippen LogP contribution < -0.4 is 0 Å². The zero-order valence-electron chi connectivity index (χ0n) is 18.3. The fourth-order valence-electron chi connectivity index (χ4n) is 3.74. The summed E-state index contributed by atoms with van der Waals surface area (Å²) in [4.78, 5) is 17.6. The molecule has 0 amide bonds. The lowest BCUT2D eigenvalue weighted by atomic mass is 9.89. The van der Waals surface area contributed by atoms with E-state index in [-0.39, 0.29) is 12.3 Å². The molecule has 0 fully saturated rings. The highest BCUT2D eigenvalue weighted by Gasteiger charge is 2.19. The number of aliphatic imine (C=N–C) groups is 1. The second-order valence-corrected chi connectivity index (χ2v) is 8.17. The van der Waals surface area contributed by atoms with Crippen molar-refractivity contribution in [2.75, 3.05) is 33.5 Å². The van der Waals surface area contributed by atoms with Crippen molar-refractivity contribution in [3.63, 3.8) is 0 Å². The first-order valence-corrected chi connectivity index (χ1v) is 11.4. The van der Waals surface area contributed by atoms with E-state index in [4.69, 9.17) is 4.74 Å². The van der Waals surface area contributed by atoms with Gasteiger partial charge in [-0.15, -0.1) is 11.8 Å². The third-order valence-electron chi connectivity index (χ3n) is 5.13. The predicted octanol–water partition coefficient (Wildman–Crippen LogP) is 5.03. The number of thioether (sulfide) groups is 1. The molecule has 5 nitrogen and oxygen atoms in total. The number of nitrogens with zero attached hydrogens (tertiary/aromatic N) is 2. The molecule has 0 saturated carbocycles. The molecule has 0 spiro atoms. The lowest BCUT2D eigenvalue weighted by molar-refractivity contribution is -0.138. The van der Waals surface area contributed by atoms with Crippen molar-refractivity contribution < 1.29 is 14.6 Å². The molecule has 1 aromatic rings. The predicted molar refractivity (Wildman–Crippen MR) is 124 cm³/mol. The minimum absolute atomic E-state index is 0.0160. The van der Waals surface area contributed by atoms with E-state index in [1.807, 2.05) is 11.7 Å². The summed E-state index contributed by atoms with van der Waals surface area (Å²) >= 11 is 1.57. The molecule has 0 bridgehead atoms. The van der Waals surface area contributed by atoms with E-state index >= 15 is 0 Å². The van der Waals surface area contributed by atoms with Crippen molar-refractivity contribution in [1.29, 1.82) is 0 Å². The number of allylic oxidation sites excluding steroid dienone is 1. The van der Waals surface area contributed by atoms with E-state index in [0.717, 1.165) is 31.6 Å². The zero-order chi connectivity index (χ0) is 21.6. The number of carbonyl (C=O) groups is 1. The molecule has 0 heterocycles. The van der Waals surface area contributed by atoms with Crippen LogP contribution in [0.15, 0.2) is 40.4 Å². The molecule has 0 aromatic heterocycles. The summed E-state index contributed by atoms with van der Waals surface area (Å²) in [5.74, 6) is -0.290. The van der Waals surface area contributed by atoms with Gasteiger partial charge in [-0.3, -0.25) is 9.79 Å². The molecule has 1 aromatic carbocycles. The van der Waals surface area contributed by atoms with Gasteiger partial charge in [0.05, 0.1) is 6.61 Å². The van der Waals surface area contributed by atoms with Crippen LogP contribution in [0.1, 0.15) is 49.7 Å². The van der Waals surface area contributed by atoms with Crippen LogP contribution in [-0.2, 0) is 16.1 Å². The average molecular weight is 421 g/mol. The highest BCUT2D eigenvalue weighted by Crippen LogP contribution is 2.28. The Morgan fingerprint density at radius 2 is 2.10 bits per heavy atom. The molecule has 0 radical (unpaired) electrons. The van der Waals surface area contributed by atoms with Gasteiger partial charge in [-0.25, -0.2) is 0 Å². The van der Waals surface area contributed by atoms with Crippen LogP contribution in [0.4, 0.5) is 0 Å². The number of rotatable bonds is 15. The van der Waals surface area contributed by atoms with E-state index < -0.39 is 5.97 Å². The Labute approximate surface area is 180 Å². The Balaban J connectivity index is 2.74. The number of methoxy groups -OCH3 is 1. The summed E-state index contributed by atoms with van der Waals surface area (Å²) < 4.78 is 5.36. The van der Waals surface area contributed by atoms with E-state index in [0.29, 0.717) is 18.9 Å². The number of ether oxygens (including phenoxy) is 1. The summed E-state index contributed by atoms with van der Waals surface area (Å²) in [7, 11) is 3.80. The highest BCUT2D eigenvalue weighted by molar-refractivity contribution is 8.01. The molecule has 0 aliphatic rings. The Bertz CT molecular complexity index is 663.